The van der Waals surface area contributed by atoms with Gasteiger partial charge in [0, 0.05) is 0 Å². The number of methoxy groups -OCH3 is 1. The van der Waals surface area contributed by atoms with Crippen molar-refractivity contribution in [3.05, 3.63) is 24.3 Å². The zero-order chi connectivity index (χ0) is 14.1. The van der Waals surface area contributed by atoms with Crippen LogP contribution in [-0.4, -0.2) is 24.4 Å². The van der Waals surface area contributed by atoms with Gasteiger partial charge in [-0.25, -0.2) is 0 Å². The lowest BCUT2D eigenvalue weighted by Gasteiger charge is -2.35. The van der Waals surface area contributed by atoms with E-state index in [0.29, 0.717) is 5.92 Å². The molecule has 0 spiro atoms. The first-order valence-corrected chi connectivity index (χ1v) is 6.94. The maximum Gasteiger partial charge on any atom is 0.141 e. The third kappa shape index (κ3) is 2.71. The van der Waals surface area contributed by atoms with Gasteiger partial charge in [0.2, 0.25) is 0 Å². The lowest BCUT2D eigenvalue weighted by molar-refractivity contribution is 0.178. The number of hydrogen-bond acceptors (Lipinski definition) is 3. The third-order valence-electron chi connectivity index (χ3n) is 4.37. The number of benzene rings is 1. The number of anilines is 1. The van der Waals surface area contributed by atoms with E-state index in [4.69, 9.17) is 4.74 Å². The van der Waals surface area contributed by atoms with E-state index >= 15 is 0 Å². The van der Waals surface area contributed by atoms with Crippen molar-refractivity contribution in [1.82, 2.24) is 0 Å². The molecule has 0 radical (unpaired) electrons. The minimum absolute atomic E-state index is 0.148. The van der Waals surface area contributed by atoms with Crippen LogP contribution in [0.25, 0.3) is 0 Å². The second-order valence-electron chi connectivity index (χ2n) is 6.59. The first-order valence-electron chi connectivity index (χ1n) is 6.94. The highest BCUT2D eigenvalue weighted by molar-refractivity contribution is 5.58. The van der Waals surface area contributed by atoms with Crippen molar-refractivity contribution in [2.24, 2.45) is 11.3 Å². The van der Waals surface area contributed by atoms with E-state index in [9.17, 15) is 5.11 Å². The van der Waals surface area contributed by atoms with Crippen LogP contribution < -0.4 is 10.1 Å². The van der Waals surface area contributed by atoms with Crippen molar-refractivity contribution in [3.63, 3.8) is 0 Å². The quantitative estimate of drug-likeness (QED) is 0.876. The summed E-state index contributed by atoms with van der Waals surface area (Å²) in [6, 6.07) is 7.89. The molecule has 19 heavy (non-hydrogen) atoms. The molecular weight excluding hydrogens is 238 g/mol. The maximum atomic E-state index is 9.94. The highest BCUT2D eigenvalue weighted by Gasteiger charge is 2.48. The van der Waals surface area contributed by atoms with Crippen molar-refractivity contribution in [1.29, 1.82) is 0 Å². The van der Waals surface area contributed by atoms with Crippen molar-refractivity contribution in [3.8, 4) is 5.75 Å². The molecule has 2 N–H and O–H groups in total. The SMILES string of the molecule is COc1ccccc1NC1(CO)CC(C)(C)CC1C. The molecule has 0 bridgehead atoms. The van der Waals surface area contributed by atoms with Gasteiger partial charge in [0.15, 0.2) is 0 Å². The first kappa shape index (κ1) is 14.2. The average Bonchev–Trinajstić information content (AvgIpc) is 2.60. The summed E-state index contributed by atoms with van der Waals surface area (Å²) in [6.07, 6.45) is 2.09. The van der Waals surface area contributed by atoms with Crippen LogP contribution in [0.4, 0.5) is 5.69 Å². The van der Waals surface area contributed by atoms with Gasteiger partial charge in [-0.15, -0.1) is 0 Å². The Kier molecular flexibility index (Phi) is 3.77. The van der Waals surface area contributed by atoms with Crippen molar-refractivity contribution < 1.29 is 9.84 Å². The zero-order valence-corrected chi connectivity index (χ0v) is 12.4. The van der Waals surface area contributed by atoms with Gasteiger partial charge in [0.25, 0.3) is 0 Å². The molecule has 2 atom stereocenters. The van der Waals surface area contributed by atoms with Crippen LogP contribution in [0.3, 0.4) is 0 Å². The smallest absolute Gasteiger partial charge is 0.141 e. The largest absolute Gasteiger partial charge is 0.495 e. The molecular formula is C16H25NO2. The van der Waals surface area contributed by atoms with Gasteiger partial charge in [-0.2, -0.15) is 0 Å². The molecule has 0 saturated heterocycles. The lowest BCUT2D eigenvalue weighted by Crippen LogP contribution is -2.45. The van der Waals surface area contributed by atoms with Crippen LogP contribution in [0.2, 0.25) is 0 Å². The number of ether oxygens (including phenoxy) is 1. The fourth-order valence-electron chi connectivity index (χ4n) is 3.56. The van der Waals surface area contributed by atoms with Crippen LogP contribution in [-0.2, 0) is 0 Å². The van der Waals surface area contributed by atoms with Gasteiger partial charge in [0.1, 0.15) is 5.75 Å². The summed E-state index contributed by atoms with van der Waals surface area (Å²) in [4.78, 5) is 0. The Morgan fingerprint density at radius 1 is 1.37 bits per heavy atom. The molecule has 2 unspecified atom stereocenters. The predicted octanol–water partition coefficient (Wildman–Crippen LogP) is 3.29. The second kappa shape index (κ2) is 5.04. The van der Waals surface area contributed by atoms with Crippen molar-refractivity contribution in [2.45, 2.75) is 39.2 Å². The Balaban J connectivity index is 2.29. The number of aliphatic hydroxyl groups excluding tert-OH is 1. The van der Waals surface area contributed by atoms with Crippen LogP contribution in [0, 0.1) is 11.3 Å². The average molecular weight is 263 g/mol. The molecule has 0 aromatic heterocycles. The van der Waals surface area contributed by atoms with E-state index in [2.05, 4.69) is 26.1 Å². The van der Waals surface area contributed by atoms with Crippen molar-refractivity contribution in [2.75, 3.05) is 19.0 Å². The summed E-state index contributed by atoms with van der Waals surface area (Å²) in [7, 11) is 1.67. The van der Waals surface area contributed by atoms with Crippen LogP contribution >= 0.6 is 0 Å². The summed E-state index contributed by atoms with van der Waals surface area (Å²) in [6.45, 7) is 6.90. The highest BCUT2D eigenvalue weighted by atomic mass is 16.5. The van der Waals surface area contributed by atoms with Gasteiger partial charge in [-0.1, -0.05) is 32.9 Å². The molecule has 1 fully saturated rings. The van der Waals surface area contributed by atoms with Gasteiger partial charge < -0.3 is 15.2 Å². The van der Waals surface area contributed by atoms with E-state index in [1.54, 1.807) is 7.11 Å². The highest BCUT2D eigenvalue weighted by Crippen LogP contribution is 2.49. The molecule has 1 saturated carbocycles. The Labute approximate surface area is 116 Å². The molecule has 1 aromatic carbocycles. The fraction of sp³-hybridized carbons (Fsp3) is 0.625. The molecule has 0 amide bonds. The number of para-hydroxylation sites is 2. The summed E-state index contributed by atoms with van der Waals surface area (Å²) < 4.78 is 5.39. The number of hydrogen-bond donors (Lipinski definition) is 2. The first-order chi connectivity index (χ1) is 8.92. The topological polar surface area (TPSA) is 41.5 Å². The maximum absolute atomic E-state index is 9.94. The molecule has 1 aromatic rings. The van der Waals surface area contributed by atoms with Crippen LogP contribution in [0.5, 0.6) is 5.75 Å². The van der Waals surface area contributed by atoms with Gasteiger partial charge in [0.05, 0.1) is 24.9 Å². The molecule has 1 aliphatic carbocycles. The van der Waals surface area contributed by atoms with Crippen LogP contribution in [0.1, 0.15) is 33.6 Å². The molecule has 3 nitrogen and oxygen atoms in total. The van der Waals surface area contributed by atoms with Crippen LogP contribution in [0.15, 0.2) is 24.3 Å². The lowest BCUT2D eigenvalue weighted by atomic mass is 9.86. The summed E-state index contributed by atoms with van der Waals surface area (Å²) in [5.74, 6) is 1.25. The normalized spacial score (nSPS) is 29.2. The Morgan fingerprint density at radius 2 is 2.05 bits per heavy atom. The second-order valence-corrected chi connectivity index (χ2v) is 6.59. The van der Waals surface area contributed by atoms with Crippen molar-refractivity contribution >= 4 is 5.69 Å². The number of aliphatic hydroxyl groups is 1. The van der Waals surface area contributed by atoms with E-state index in [-0.39, 0.29) is 17.6 Å². The number of nitrogens with one attached hydrogen (secondary N) is 1. The minimum Gasteiger partial charge on any atom is -0.495 e. The molecule has 0 heterocycles. The fourth-order valence-corrected chi connectivity index (χ4v) is 3.56. The zero-order valence-electron chi connectivity index (χ0n) is 12.4. The Hall–Kier alpha value is -1.22. The predicted molar refractivity (Wildman–Crippen MR) is 78.6 cm³/mol. The standard InChI is InChI=1S/C16H25NO2/c1-12-9-15(2,3)10-16(12,11-18)17-13-7-5-6-8-14(13)19-4/h5-8,12,17-18H,9-11H2,1-4H3. The minimum atomic E-state index is -0.252. The summed E-state index contributed by atoms with van der Waals surface area (Å²) >= 11 is 0. The molecule has 3 heteroatoms. The van der Waals surface area contributed by atoms with Gasteiger partial charge in [-0.3, -0.25) is 0 Å². The van der Waals surface area contributed by atoms with E-state index in [1.807, 2.05) is 24.3 Å². The monoisotopic (exact) mass is 263 g/mol. The molecule has 1 aliphatic rings. The number of rotatable bonds is 4. The molecule has 106 valence electrons. The molecule has 0 aliphatic heterocycles. The summed E-state index contributed by atoms with van der Waals surface area (Å²) in [5, 5.41) is 13.5. The van der Waals surface area contributed by atoms with E-state index < -0.39 is 0 Å². The van der Waals surface area contributed by atoms with E-state index in [0.717, 1.165) is 24.3 Å². The Morgan fingerprint density at radius 3 is 2.58 bits per heavy atom. The summed E-state index contributed by atoms with van der Waals surface area (Å²) in [5.41, 5.74) is 0.971. The van der Waals surface area contributed by atoms with Gasteiger partial charge in [-0.05, 0) is 36.3 Å². The van der Waals surface area contributed by atoms with E-state index in [1.165, 1.54) is 0 Å². The van der Waals surface area contributed by atoms with Gasteiger partial charge >= 0.3 is 0 Å². The molecule has 2 rings (SSSR count). The third-order valence-corrected chi connectivity index (χ3v) is 4.37. The Bertz CT molecular complexity index is 444.